The van der Waals surface area contributed by atoms with Crippen LogP contribution in [0.3, 0.4) is 0 Å². The quantitative estimate of drug-likeness (QED) is 0.766. The monoisotopic (exact) mass is 289 g/mol. The second kappa shape index (κ2) is 8.98. The fraction of sp³-hybridized carbons (Fsp3) is 0.500. The molecule has 1 aromatic rings. The summed E-state index contributed by atoms with van der Waals surface area (Å²) in [7, 11) is 0. The van der Waals surface area contributed by atoms with Gasteiger partial charge in [-0.05, 0) is 18.9 Å². The molecule has 0 radical (unpaired) electrons. The fourth-order valence-corrected chi connectivity index (χ4v) is 1.71. The third-order valence-corrected chi connectivity index (χ3v) is 2.94. The summed E-state index contributed by atoms with van der Waals surface area (Å²) in [5.41, 5.74) is 0.927. The maximum atomic E-state index is 11.9. The minimum Gasteiger partial charge on any atom is -0.478 e. The second-order valence-electron chi connectivity index (χ2n) is 5.30. The van der Waals surface area contributed by atoms with Crippen LogP contribution >= 0.6 is 0 Å². The molecule has 0 bridgehead atoms. The Hall–Kier alpha value is -2.06. The lowest BCUT2D eigenvalue weighted by Gasteiger charge is -2.16. The summed E-state index contributed by atoms with van der Waals surface area (Å²) in [6.07, 6.45) is 0. The fourth-order valence-electron chi connectivity index (χ4n) is 1.71. The summed E-state index contributed by atoms with van der Waals surface area (Å²) in [6.45, 7) is 7.14. The Balaban J connectivity index is 2.51. The van der Waals surface area contributed by atoms with Crippen LogP contribution in [0.25, 0.3) is 0 Å². The predicted octanol–water partition coefficient (Wildman–Crippen LogP) is 1.84. The molecule has 114 valence electrons. The van der Waals surface area contributed by atoms with Crippen LogP contribution in [0.4, 0.5) is 0 Å². The van der Waals surface area contributed by atoms with Crippen molar-refractivity contribution in [3.05, 3.63) is 29.8 Å². The van der Waals surface area contributed by atoms with Crippen LogP contribution in [0.2, 0.25) is 0 Å². The van der Waals surface area contributed by atoms with E-state index in [1.54, 1.807) is 0 Å². The van der Waals surface area contributed by atoms with Gasteiger partial charge in [0.15, 0.2) is 6.61 Å². The number of amides is 1. The molecule has 2 N–H and O–H groups in total. The summed E-state index contributed by atoms with van der Waals surface area (Å²) in [6, 6.07) is 9.15. The first-order valence-corrected chi connectivity index (χ1v) is 7.13. The van der Waals surface area contributed by atoms with Crippen molar-refractivity contribution < 1.29 is 9.53 Å². The van der Waals surface area contributed by atoms with Gasteiger partial charge in [-0.15, -0.1) is 0 Å². The molecule has 5 nitrogen and oxygen atoms in total. The zero-order chi connectivity index (χ0) is 15.7. The molecule has 0 saturated heterocycles. The normalized spacial score (nSPS) is 11.8. The van der Waals surface area contributed by atoms with Crippen LogP contribution < -0.4 is 15.4 Å². The average molecular weight is 289 g/mol. The van der Waals surface area contributed by atoms with Gasteiger partial charge in [0.1, 0.15) is 11.8 Å². The third kappa shape index (κ3) is 6.28. The Morgan fingerprint density at radius 1 is 1.33 bits per heavy atom. The molecule has 1 amide bonds. The lowest BCUT2D eigenvalue weighted by Crippen LogP contribution is -2.43. The summed E-state index contributed by atoms with van der Waals surface area (Å²) in [4.78, 5) is 11.9. The van der Waals surface area contributed by atoms with Crippen molar-refractivity contribution >= 4 is 5.91 Å². The zero-order valence-electron chi connectivity index (χ0n) is 12.8. The Kier molecular flexibility index (Phi) is 7.27. The highest BCUT2D eigenvalue weighted by Crippen LogP contribution is 2.17. The molecule has 21 heavy (non-hydrogen) atoms. The summed E-state index contributed by atoms with van der Waals surface area (Å²) >= 11 is 0. The number of nitrogens with zero attached hydrogens (tertiary/aromatic N) is 1. The molecule has 0 aliphatic heterocycles. The summed E-state index contributed by atoms with van der Waals surface area (Å²) < 4.78 is 5.36. The topological polar surface area (TPSA) is 74.2 Å². The van der Waals surface area contributed by atoms with E-state index in [0.29, 0.717) is 24.8 Å². The van der Waals surface area contributed by atoms with Crippen LogP contribution in [0.1, 0.15) is 26.3 Å². The molecule has 0 aliphatic carbocycles. The number of carbonyl (C=O) groups is 1. The highest BCUT2D eigenvalue weighted by atomic mass is 16.5. The maximum Gasteiger partial charge on any atom is 0.236 e. The third-order valence-electron chi connectivity index (χ3n) is 2.94. The first-order valence-electron chi connectivity index (χ1n) is 7.13. The van der Waals surface area contributed by atoms with Crippen LogP contribution in [0.15, 0.2) is 24.3 Å². The number of ether oxygens (including phenoxy) is 1. The van der Waals surface area contributed by atoms with Crippen molar-refractivity contribution in [1.29, 1.82) is 5.26 Å². The number of hydrogen-bond acceptors (Lipinski definition) is 4. The molecule has 5 heteroatoms. The molecular weight excluding hydrogens is 266 g/mol. The number of nitriles is 1. The van der Waals surface area contributed by atoms with E-state index in [1.165, 1.54) is 0 Å². The average Bonchev–Trinajstić information content (AvgIpc) is 2.48. The largest absolute Gasteiger partial charge is 0.478 e. The SMILES string of the molecule is CC(C)CNC(=O)C(C)NCc1ccccc1OCC#N. The minimum absolute atomic E-state index is 0.0147. The smallest absolute Gasteiger partial charge is 0.236 e. The highest BCUT2D eigenvalue weighted by molar-refractivity contribution is 5.81. The number of rotatable bonds is 8. The molecule has 0 heterocycles. The van der Waals surface area contributed by atoms with Gasteiger partial charge in [0.2, 0.25) is 5.91 Å². The highest BCUT2D eigenvalue weighted by Gasteiger charge is 2.13. The molecule has 0 aliphatic rings. The van der Waals surface area contributed by atoms with Gasteiger partial charge in [0.05, 0.1) is 6.04 Å². The Bertz CT molecular complexity index is 495. The van der Waals surface area contributed by atoms with Gasteiger partial charge in [-0.25, -0.2) is 0 Å². The first-order chi connectivity index (χ1) is 10.0. The molecular formula is C16H23N3O2. The number of para-hydroxylation sites is 1. The van der Waals surface area contributed by atoms with E-state index >= 15 is 0 Å². The number of nitrogens with one attached hydrogen (secondary N) is 2. The molecule has 0 saturated carbocycles. The van der Waals surface area contributed by atoms with E-state index in [1.807, 2.05) is 37.3 Å². The first kappa shape index (κ1) is 17.0. The van der Waals surface area contributed by atoms with Gasteiger partial charge in [-0.3, -0.25) is 4.79 Å². The van der Waals surface area contributed by atoms with E-state index in [-0.39, 0.29) is 18.6 Å². The lowest BCUT2D eigenvalue weighted by atomic mass is 10.2. The van der Waals surface area contributed by atoms with Crippen LogP contribution in [0.5, 0.6) is 5.75 Å². The van der Waals surface area contributed by atoms with Gasteiger partial charge in [0.25, 0.3) is 0 Å². The van der Waals surface area contributed by atoms with Gasteiger partial charge in [0, 0.05) is 18.7 Å². The van der Waals surface area contributed by atoms with Crippen LogP contribution in [0, 0.1) is 17.2 Å². The number of hydrogen-bond donors (Lipinski definition) is 2. The van der Waals surface area contributed by atoms with E-state index in [2.05, 4.69) is 24.5 Å². The van der Waals surface area contributed by atoms with Crippen molar-refractivity contribution in [3.63, 3.8) is 0 Å². The molecule has 1 atom stereocenters. The van der Waals surface area contributed by atoms with Crippen molar-refractivity contribution in [3.8, 4) is 11.8 Å². The Morgan fingerprint density at radius 2 is 2.05 bits per heavy atom. The molecule has 1 aromatic carbocycles. The Morgan fingerprint density at radius 3 is 2.71 bits per heavy atom. The maximum absolute atomic E-state index is 11.9. The lowest BCUT2D eigenvalue weighted by molar-refractivity contribution is -0.122. The van der Waals surface area contributed by atoms with E-state index in [0.717, 1.165) is 5.56 Å². The standard InChI is InChI=1S/C16H23N3O2/c1-12(2)10-19-16(20)13(3)18-11-14-6-4-5-7-15(14)21-9-8-17/h4-7,12-13,18H,9-11H2,1-3H3,(H,19,20). The number of benzene rings is 1. The van der Waals surface area contributed by atoms with Crippen molar-refractivity contribution in [2.24, 2.45) is 5.92 Å². The second-order valence-corrected chi connectivity index (χ2v) is 5.30. The summed E-state index contributed by atoms with van der Waals surface area (Å²) in [5.74, 6) is 1.08. The molecule has 0 fully saturated rings. The molecule has 1 unspecified atom stereocenters. The zero-order valence-corrected chi connectivity index (χ0v) is 12.8. The molecule has 0 aromatic heterocycles. The molecule has 0 spiro atoms. The molecule has 1 rings (SSSR count). The predicted molar refractivity (Wildman–Crippen MR) is 81.7 cm³/mol. The van der Waals surface area contributed by atoms with Crippen LogP contribution in [-0.2, 0) is 11.3 Å². The van der Waals surface area contributed by atoms with Crippen molar-refractivity contribution in [2.75, 3.05) is 13.2 Å². The summed E-state index contributed by atoms with van der Waals surface area (Å²) in [5, 5.41) is 14.6. The van der Waals surface area contributed by atoms with Crippen LogP contribution in [-0.4, -0.2) is 25.1 Å². The minimum atomic E-state index is -0.284. The van der Waals surface area contributed by atoms with Gasteiger partial charge < -0.3 is 15.4 Å². The van der Waals surface area contributed by atoms with E-state index in [9.17, 15) is 4.79 Å². The Labute approximate surface area is 126 Å². The van der Waals surface area contributed by atoms with Crippen molar-refractivity contribution in [1.82, 2.24) is 10.6 Å². The van der Waals surface area contributed by atoms with Gasteiger partial charge >= 0.3 is 0 Å². The van der Waals surface area contributed by atoms with E-state index in [4.69, 9.17) is 10.00 Å². The van der Waals surface area contributed by atoms with Gasteiger partial charge in [-0.1, -0.05) is 32.0 Å². The van der Waals surface area contributed by atoms with E-state index < -0.39 is 0 Å². The van der Waals surface area contributed by atoms with Crippen molar-refractivity contribution in [2.45, 2.75) is 33.4 Å². The van der Waals surface area contributed by atoms with Gasteiger partial charge in [-0.2, -0.15) is 5.26 Å². The number of carbonyl (C=O) groups excluding carboxylic acids is 1.